The molecule has 2 aromatic carbocycles. The second-order valence-electron chi connectivity index (χ2n) is 3.62. The molecular weight excluding hydrogens is 216 g/mol. The van der Waals surface area contributed by atoms with Crippen LogP contribution in [0.15, 0.2) is 42.5 Å². The molecule has 0 saturated carbocycles. The van der Waals surface area contributed by atoms with Crippen molar-refractivity contribution in [1.82, 2.24) is 0 Å². The van der Waals surface area contributed by atoms with Gasteiger partial charge in [-0.05, 0) is 35.4 Å². The lowest BCUT2D eigenvalue weighted by Crippen LogP contribution is -1.85. The molecule has 2 rings (SSSR count). The Kier molecular flexibility index (Phi) is 3.10. The van der Waals surface area contributed by atoms with Gasteiger partial charge in [-0.3, -0.25) is 4.79 Å². The molecule has 0 bridgehead atoms. The molecule has 3 heteroatoms. The Morgan fingerprint density at radius 2 is 1.71 bits per heavy atom. The second-order valence-corrected chi connectivity index (χ2v) is 3.62. The average Bonchev–Trinajstić information content (AvgIpc) is 2.39. The standard InChI is InChI=1S/C14H12O3/c1-17-13-5-2-10(3-6-13)11-4-7-14(16)12(8-11)9-15/h2-9,16H,1H3. The summed E-state index contributed by atoms with van der Waals surface area (Å²) in [4.78, 5) is 10.7. The van der Waals surface area contributed by atoms with E-state index < -0.39 is 0 Å². The molecule has 86 valence electrons. The fourth-order valence-corrected chi connectivity index (χ4v) is 1.61. The number of phenols is 1. The molecule has 0 fully saturated rings. The number of phenolic OH excluding ortho intramolecular Hbond substituents is 1. The van der Waals surface area contributed by atoms with E-state index in [9.17, 15) is 9.90 Å². The first kappa shape index (κ1) is 11.2. The van der Waals surface area contributed by atoms with Crippen molar-refractivity contribution in [2.45, 2.75) is 0 Å². The molecule has 0 heterocycles. The van der Waals surface area contributed by atoms with E-state index in [1.807, 2.05) is 24.3 Å². The number of carbonyl (C=O) groups is 1. The van der Waals surface area contributed by atoms with Crippen molar-refractivity contribution in [2.75, 3.05) is 7.11 Å². The number of aldehydes is 1. The Labute approximate surface area is 99.3 Å². The summed E-state index contributed by atoms with van der Waals surface area (Å²) in [7, 11) is 1.61. The molecule has 3 nitrogen and oxygen atoms in total. The van der Waals surface area contributed by atoms with Gasteiger partial charge in [0.1, 0.15) is 11.5 Å². The molecule has 0 radical (unpaired) electrons. The maximum Gasteiger partial charge on any atom is 0.153 e. The summed E-state index contributed by atoms with van der Waals surface area (Å²) < 4.78 is 5.07. The first-order chi connectivity index (χ1) is 8.24. The number of hydrogen-bond donors (Lipinski definition) is 1. The number of benzene rings is 2. The van der Waals surface area contributed by atoms with Gasteiger partial charge in [-0.1, -0.05) is 18.2 Å². The minimum atomic E-state index is -0.00254. The number of hydrogen-bond acceptors (Lipinski definition) is 3. The second kappa shape index (κ2) is 4.70. The summed E-state index contributed by atoms with van der Waals surface area (Å²) in [5.74, 6) is 0.778. The van der Waals surface area contributed by atoms with Crippen LogP contribution < -0.4 is 4.74 Å². The molecule has 17 heavy (non-hydrogen) atoms. The van der Waals surface area contributed by atoms with Crippen LogP contribution in [0, 0.1) is 0 Å². The third-order valence-electron chi connectivity index (χ3n) is 2.58. The molecular formula is C14H12O3. The average molecular weight is 228 g/mol. The van der Waals surface area contributed by atoms with Crippen molar-refractivity contribution in [3.05, 3.63) is 48.0 Å². The highest BCUT2D eigenvalue weighted by Gasteiger charge is 2.03. The van der Waals surface area contributed by atoms with Gasteiger partial charge >= 0.3 is 0 Å². The summed E-state index contributed by atoms with van der Waals surface area (Å²) >= 11 is 0. The van der Waals surface area contributed by atoms with Crippen LogP contribution >= 0.6 is 0 Å². The minimum Gasteiger partial charge on any atom is -0.507 e. The zero-order valence-electron chi connectivity index (χ0n) is 9.38. The van der Waals surface area contributed by atoms with E-state index in [-0.39, 0.29) is 5.75 Å². The van der Waals surface area contributed by atoms with Crippen LogP contribution in [0.3, 0.4) is 0 Å². The van der Waals surface area contributed by atoms with E-state index in [4.69, 9.17) is 4.74 Å². The predicted octanol–water partition coefficient (Wildman–Crippen LogP) is 2.88. The number of methoxy groups -OCH3 is 1. The normalized spacial score (nSPS) is 9.94. The Morgan fingerprint density at radius 3 is 2.29 bits per heavy atom. The van der Waals surface area contributed by atoms with Crippen molar-refractivity contribution >= 4 is 6.29 Å². The van der Waals surface area contributed by atoms with Crippen molar-refractivity contribution in [3.63, 3.8) is 0 Å². The molecule has 0 aliphatic rings. The fraction of sp³-hybridized carbons (Fsp3) is 0.0714. The van der Waals surface area contributed by atoms with Gasteiger partial charge in [0, 0.05) is 0 Å². The van der Waals surface area contributed by atoms with Crippen LogP contribution in [0.5, 0.6) is 11.5 Å². The van der Waals surface area contributed by atoms with Gasteiger partial charge in [-0.2, -0.15) is 0 Å². The van der Waals surface area contributed by atoms with Gasteiger partial charge in [0.25, 0.3) is 0 Å². The maximum atomic E-state index is 10.7. The van der Waals surface area contributed by atoms with Crippen molar-refractivity contribution in [2.24, 2.45) is 0 Å². The highest BCUT2D eigenvalue weighted by Crippen LogP contribution is 2.26. The smallest absolute Gasteiger partial charge is 0.153 e. The summed E-state index contributed by atoms with van der Waals surface area (Å²) in [5, 5.41) is 9.41. The number of rotatable bonds is 3. The molecule has 0 aromatic heterocycles. The Bertz CT molecular complexity index is 530. The first-order valence-electron chi connectivity index (χ1n) is 5.17. The van der Waals surface area contributed by atoms with Gasteiger partial charge in [-0.25, -0.2) is 0 Å². The third kappa shape index (κ3) is 2.28. The van der Waals surface area contributed by atoms with Crippen LogP contribution in [0.4, 0.5) is 0 Å². The fourth-order valence-electron chi connectivity index (χ4n) is 1.61. The zero-order valence-corrected chi connectivity index (χ0v) is 9.38. The SMILES string of the molecule is COc1ccc(-c2ccc(O)c(C=O)c2)cc1. The Hall–Kier alpha value is -2.29. The molecule has 2 aromatic rings. The molecule has 0 saturated heterocycles. The lowest BCUT2D eigenvalue weighted by molar-refractivity contribution is 0.112. The van der Waals surface area contributed by atoms with Crippen LogP contribution in [0.25, 0.3) is 11.1 Å². The molecule has 0 aliphatic heterocycles. The van der Waals surface area contributed by atoms with Gasteiger partial charge in [0.05, 0.1) is 12.7 Å². The quantitative estimate of drug-likeness (QED) is 0.821. The van der Waals surface area contributed by atoms with E-state index in [0.29, 0.717) is 11.8 Å². The predicted molar refractivity (Wildman–Crippen MR) is 65.5 cm³/mol. The lowest BCUT2D eigenvalue weighted by atomic mass is 10.0. The van der Waals surface area contributed by atoms with E-state index in [1.54, 1.807) is 19.2 Å². The molecule has 0 unspecified atom stereocenters. The minimum absolute atomic E-state index is 0.00254. The molecule has 0 atom stereocenters. The largest absolute Gasteiger partial charge is 0.507 e. The van der Waals surface area contributed by atoms with Crippen LogP contribution in [0.1, 0.15) is 10.4 Å². The lowest BCUT2D eigenvalue weighted by Gasteiger charge is -2.05. The topological polar surface area (TPSA) is 46.5 Å². The molecule has 0 spiro atoms. The summed E-state index contributed by atoms with van der Waals surface area (Å²) in [6, 6.07) is 12.4. The van der Waals surface area contributed by atoms with Crippen molar-refractivity contribution < 1.29 is 14.6 Å². The Morgan fingerprint density at radius 1 is 1.06 bits per heavy atom. The molecule has 0 aliphatic carbocycles. The van der Waals surface area contributed by atoms with E-state index >= 15 is 0 Å². The number of carbonyl (C=O) groups excluding carboxylic acids is 1. The molecule has 1 N–H and O–H groups in total. The first-order valence-corrected chi connectivity index (χ1v) is 5.17. The maximum absolute atomic E-state index is 10.7. The van der Waals surface area contributed by atoms with Gasteiger partial charge in [0.2, 0.25) is 0 Å². The summed E-state index contributed by atoms with van der Waals surface area (Å²) in [5.41, 5.74) is 2.14. The zero-order chi connectivity index (χ0) is 12.3. The van der Waals surface area contributed by atoms with Crippen LogP contribution in [-0.4, -0.2) is 18.5 Å². The van der Waals surface area contributed by atoms with Crippen molar-refractivity contribution in [1.29, 1.82) is 0 Å². The third-order valence-corrected chi connectivity index (χ3v) is 2.58. The summed E-state index contributed by atoms with van der Waals surface area (Å²) in [6.45, 7) is 0. The van der Waals surface area contributed by atoms with E-state index in [1.165, 1.54) is 6.07 Å². The van der Waals surface area contributed by atoms with Gasteiger partial charge in [0.15, 0.2) is 6.29 Å². The highest BCUT2D eigenvalue weighted by atomic mass is 16.5. The van der Waals surface area contributed by atoms with Crippen LogP contribution in [-0.2, 0) is 0 Å². The molecule has 0 amide bonds. The number of aromatic hydroxyl groups is 1. The van der Waals surface area contributed by atoms with Gasteiger partial charge in [-0.15, -0.1) is 0 Å². The monoisotopic (exact) mass is 228 g/mol. The van der Waals surface area contributed by atoms with E-state index in [2.05, 4.69) is 0 Å². The number of ether oxygens (including phenoxy) is 1. The summed E-state index contributed by atoms with van der Waals surface area (Å²) in [6.07, 6.45) is 0.641. The Balaban J connectivity index is 2.41. The van der Waals surface area contributed by atoms with Crippen molar-refractivity contribution in [3.8, 4) is 22.6 Å². The van der Waals surface area contributed by atoms with E-state index in [0.717, 1.165) is 16.9 Å². The highest BCUT2D eigenvalue weighted by molar-refractivity contribution is 5.82. The van der Waals surface area contributed by atoms with Crippen LogP contribution in [0.2, 0.25) is 0 Å². The van der Waals surface area contributed by atoms with Gasteiger partial charge < -0.3 is 9.84 Å².